The topological polar surface area (TPSA) is 85.8 Å². The number of benzene rings is 1. The fourth-order valence-electron chi connectivity index (χ4n) is 3.42. The molecule has 2 heterocycles. The van der Waals surface area contributed by atoms with E-state index in [9.17, 15) is 4.79 Å². The van der Waals surface area contributed by atoms with E-state index in [-0.39, 0.29) is 5.91 Å². The lowest BCUT2D eigenvalue weighted by atomic mass is 10.2. The number of para-hydroxylation sites is 1. The highest BCUT2D eigenvalue weighted by Crippen LogP contribution is 2.29. The van der Waals surface area contributed by atoms with Gasteiger partial charge in [-0.05, 0) is 25.3 Å². The van der Waals surface area contributed by atoms with Crippen LogP contribution in [0.4, 0.5) is 5.82 Å². The van der Waals surface area contributed by atoms with Crippen molar-refractivity contribution in [3.8, 4) is 0 Å². The SMILES string of the molecule is CCCCc1nc2c(N)nc3ccccc3c2n1CCCCNC(=O)CC. The zero-order valence-corrected chi connectivity index (χ0v) is 16.3. The number of rotatable bonds is 9. The second-order valence-corrected chi connectivity index (χ2v) is 6.91. The van der Waals surface area contributed by atoms with Crippen LogP contribution in [0.1, 0.15) is 51.8 Å². The predicted octanol–water partition coefficient (Wildman–Crippen LogP) is 3.82. The number of nitrogens with zero attached hydrogens (tertiary/aromatic N) is 3. The molecule has 0 spiro atoms. The van der Waals surface area contributed by atoms with Gasteiger partial charge in [-0.1, -0.05) is 38.5 Å². The molecule has 0 atom stereocenters. The molecular formula is C21H29N5O. The monoisotopic (exact) mass is 367 g/mol. The number of aryl methyl sites for hydroxylation is 2. The number of fused-ring (bicyclic) bond motifs is 3. The molecule has 0 aliphatic rings. The van der Waals surface area contributed by atoms with Gasteiger partial charge in [0.05, 0.1) is 11.0 Å². The van der Waals surface area contributed by atoms with E-state index in [4.69, 9.17) is 10.7 Å². The summed E-state index contributed by atoms with van der Waals surface area (Å²) in [6.07, 6.45) is 5.61. The quantitative estimate of drug-likeness (QED) is 0.563. The average Bonchev–Trinajstić information content (AvgIpc) is 3.05. The molecule has 1 aromatic carbocycles. The minimum atomic E-state index is 0.108. The van der Waals surface area contributed by atoms with Crippen LogP contribution < -0.4 is 11.1 Å². The molecule has 6 heteroatoms. The fourth-order valence-corrected chi connectivity index (χ4v) is 3.42. The summed E-state index contributed by atoms with van der Waals surface area (Å²) in [5.74, 6) is 1.68. The number of imidazole rings is 1. The molecule has 0 fully saturated rings. The molecule has 0 aliphatic heterocycles. The third-order valence-electron chi connectivity index (χ3n) is 4.90. The van der Waals surface area contributed by atoms with Crippen molar-refractivity contribution in [1.29, 1.82) is 0 Å². The maximum absolute atomic E-state index is 11.4. The number of anilines is 1. The highest BCUT2D eigenvalue weighted by atomic mass is 16.1. The van der Waals surface area contributed by atoms with Crippen LogP contribution in [0.5, 0.6) is 0 Å². The van der Waals surface area contributed by atoms with Gasteiger partial charge in [-0.2, -0.15) is 0 Å². The van der Waals surface area contributed by atoms with Crippen molar-refractivity contribution >= 4 is 33.7 Å². The maximum atomic E-state index is 11.4. The number of carbonyl (C=O) groups is 1. The summed E-state index contributed by atoms with van der Waals surface area (Å²) in [5.41, 5.74) is 9.02. The van der Waals surface area contributed by atoms with Crippen molar-refractivity contribution in [2.45, 2.75) is 58.9 Å². The van der Waals surface area contributed by atoms with E-state index >= 15 is 0 Å². The average molecular weight is 367 g/mol. The van der Waals surface area contributed by atoms with E-state index in [0.29, 0.717) is 18.8 Å². The molecular weight excluding hydrogens is 338 g/mol. The lowest BCUT2D eigenvalue weighted by Crippen LogP contribution is -2.23. The Morgan fingerprint density at radius 2 is 1.96 bits per heavy atom. The standard InChI is InChI=1S/C21H29N5O/c1-3-5-12-17-25-19-20(15-10-6-7-11-16(15)24-21(19)22)26(17)14-9-8-13-23-18(27)4-2/h6-7,10-11H,3-5,8-9,12-14H2,1-2H3,(H2,22,24)(H,23,27). The van der Waals surface area contributed by atoms with Crippen LogP contribution in [0.3, 0.4) is 0 Å². The summed E-state index contributed by atoms with van der Waals surface area (Å²) in [6, 6.07) is 8.10. The van der Waals surface area contributed by atoms with E-state index in [1.807, 2.05) is 25.1 Å². The van der Waals surface area contributed by atoms with Crippen LogP contribution in [-0.4, -0.2) is 27.0 Å². The van der Waals surface area contributed by atoms with E-state index < -0.39 is 0 Å². The van der Waals surface area contributed by atoms with Crippen LogP contribution in [0.15, 0.2) is 24.3 Å². The minimum Gasteiger partial charge on any atom is -0.382 e. The lowest BCUT2D eigenvalue weighted by Gasteiger charge is -2.11. The Morgan fingerprint density at radius 3 is 2.74 bits per heavy atom. The lowest BCUT2D eigenvalue weighted by molar-refractivity contribution is -0.120. The third kappa shape index (κ3) is 4.21. The van der Waals surface area contributed by atoms with Crippen molar-refractivity contribution < 1.29 is 4.79 Å². The van der Waals surface area contributed by atoms with Crippen molar-refractivity contribution in [3.63, 3.8) is 0 Å². The predicted molar refractivity (Wildman–Crippen MR) is 111 cm³/mol. The van der Waals surface area contributed by atoms with Gasteiger partial charge < -0.3 is 15.6 Å². The van der Waals surface area contributed by atoms with Gasteiger partial charge in [0.2, 0.25) is 5.91 Å². The zero-order chi connectivity index (χ0) is 19.2. The highest BCUT2D eigenvalue weighted by Gasteiger charge is 2.16. The van der Waals surface area contributed by atoms with Crippen LogP contribution in [0.2, 0.25) is 0 Å². The molecule has 2 aromatic heterocycles. The molecule has 0 aliphatic carbocycles. The van der Waals surface area contributed by atoms with Crippen LogP contribution >= 0.6 is 0 Å². The first-order valence-electron chi connectivity index (χ1n) is 9.95. The van der Waals surface area contributed by atoms with Gasteiger partial charge in [0.15, 0.2) is 5.82 Å². The molecule has 144 valence electrons. The smallest absolute Gasteiger partial charge is 0.219 e. The van der Waals surface area contributed by atoms with Gasteiger partial charge in [0.25, 0.3) is 0 Å². The number of pyridine rings is 1. The van der Waals surface area contributed by atoms with E-state index in [1.54, 1.807) is 0 Å². The molecule has 0 saturated heterocycles. The largest absolute Gasteiger partial charge is 0.382 e. The van der Waals surface area contributed by atoms with Gasteiger partial charge >= 0.3 is 0 Å². The summed E-state index contributed by atoms with van der Waals surface area (Å²) in [4.78, 5) is 20.8. The number of nitrogens with one attached hydrogen (secondary N) is 1. The molecule has 27 heavy (non-hydrogen) atoms. The molecule has 6 nitrogen and oxygen atoms in total. The van der Waals surface area contributed by atoms with Gasteiger partial charge in [0.1, 0.15) is 11.3 Å². The normalized spacial score (nSPS) is 11.3. The number of amides is 1. The van der Waals surface area contributed by atoms with Gasteiger partial charge in [-0.3, -0.25) is 4.79 Å². The second-order valence-electron chi connectivity index (χ2n) is 6.91. The first-order chi connectivity index (χ1) is 13.2. The maximum Gasteiger partial charge on any atom is 0.219 e. The number of nitrogens with two attached hydrogens (primary N) is 1. The number of unbranched alkanes of at least 4 members (excludes halogenated alkanes) is 2. The number of nitrogen functional groups attached to an aromatic ring is 1. The number of carbonyl (C=O) groups excluding carboxylic acids is 1. The number of hydrogen-bond acceptors (Lipinski definition) is 4. The van der Waals surface area contributed by atoms with Crippen molar-refractivity contribution in [1.82, 2.24) is 19.9 Å². The molecule has 0 radical (unpaired) electrons. The summed E-state index contributed by atoms with van der Waals surface area (Å²) >= 11 is 0. The van der Waals surface area contributed by atoms with E-state index in [2.05, 4.69) is 27.9 Å². The Balaban J connectivity index is 1.91. The van der Waals surface area contributed by atoms with Crippen molar-refractivity contribution in [3.05, 3.63) is 30.1 Å². The summed E-state index contributed by atoms with van der Waals surface area (Å²) in [6.45, 7) is 5.64. The Hall–Kier alpha value is -2.63. The van der Waals surface area contributed by atoms with Crippen molar-refractivity contribution in [2.75, 3.05) is 12.3 Å². The Bertz CT molecular complexity index is 931. The third-order valence-corrected chi connectivity index (χ3v) is 4.90. The number of hydrogen-bond donors (Lipinski definition) is 2. The molecule has 3 N–H and O–H groups in total. The summed E-state index contributed by atoms with van der Waals surface area (Å²) in [7, 11) is 0. The Kier molecular flexibility index (Phi) is 6.27. The van der Waals surface area contributed by atoms with Crippen LogP contribution in [0, 0.1) is 0 Å². The second kappa shape index (κ2) is 8.84. The molecule has 0 saturated carbocycles. The first-order valence-corrected chi connectivity index (χ1v) is 9.95. The van der Waals surface area contributed by atoms with Gasteiger partial charge in [-0.15, -0.1) is 0 Å². The summed E-state index contributed by atoms with van der Waals surface area (Å²) in [5, 5.41) is 4.04. The molecule has 3 rings (SSSR count). The molecule has 0 unspecified atom stereocenters. The van der Waals surface area contributed by atoms with Crippen LogP contribution in [0.25, 0.3) is 21.9 Å². The van der Waals surface area contributed by atoms with Crippen LogP contribution in [-0.2, 0) is 17.8 Å². The minimum absolute atomic E-state index is 0.108. The van der Waals surface area contributed by atoms with Gasteiger partial charge in [0, 0.05) is 31.3 Å². The fraction of sp³-hybridized carbons (Fsp3) is 0.476. The molecule has 3 aromatic rings. The highest BCUT2D eigenvalue weighted by molar-refractivity contribution is 6.06. The Labute approximate surface area is 160 Å². The zero-order valence-electron chi connectivity index (χ0n) is 16.3. The van der Waals surface area contributed by atoms with E-state index in [0.717, 1.165) is 66.4 Å². The Morgan fingerprint density at radius 1 is 1.15 bits per heavy atom. The van der Waals surface area contributed by atoms with Gasteiger partial charge in [-0.25, -0.2) is 9.97 Å². The molecule has 1 amide bonds. The number of aromatic nitrogens is 3. The first kappa shape index (κ1) is 19.1. The summed E-state index contributed by atoms with van der Waals surface area (Å²) < 4.78 is 2.31. The van der Waals surface area contributed by atoms with E-state index in [1.165, 1.54) is 0 Å². The molecule has 0 bridgehead atoms. The van der Waals surface area contributed by atoms with Crippen molar-refractivity contribution in [2.24, 2.45) is 0 Å².